The Morgan fingerprint density at radius 3 is 2.63 bits per heavy atom. The van der Waals surface area contributed by atoms with Gasteiger partial charge in [0.1, 0.15) is 6.10 Å². The molecule has 0 bridgehead atoms. The summed E-state index contributed by atoms with van der Waals surface area (Å²) >= 11 is 3.47. The van der Waals surface area contributed by atoms with Crippen LogP contribution in [0, 0.1) is 40.4 Å². The van der Waals surface area contributed by atoms with Crippen molar-refractivity contribution in [3.63, 3.8) is 0 Å². The molecule has 0 aromatic carbocycles. The third kappa shape index (κ3) is 6.06. The molecule has 35 heavy (non-hydrogen) atoms. The molecule has 0 amide bonds. The smallest absolute Gasteiger partial charge is 0.306 e. The van der Waals surface area contributed by atoms with E-state index in [1.165, 1.54) is 64.2 Å². The van der Waals surface area contributed by atoms with Crippen molar-refractivity contribution < 1.29 is 9.53 Å². The number of alkyl halides is 1. The maximum Gasteiger partial charge on any atom is 0.306 e. The molecular weight excluding hydrogens is 496 g/mol. The van der Waals surface area contributed by atoms with Gasteiger partial charge in [0.05, 0.1) is 0 Å². The topological polar surface area (TPSA) is 26.3 Å². The van der Waals surface area contributed by atoms with Crippen LogP contribution in [0.4, 0.5) is 0 Å². The molecule has 3 fully saturated rings. The van der Waals surface area contributed by atoms with Crippen LogP contribution in [0.15, 0.2) is 11.6 Å². The summed E-state index contributed by atoms with van der Waals surface area (Å²) in [5.41, 5.74) is 2.56. The summed E-state index contributed by atoms with van der Waals surface area (Å²) in [5.74, 6) is 4.51. The van der Waals surface area contributed by atoms with Gasteiger partial charge in [-0.3, -0.25) is 4.79 Å². The molecule has 4 aliphatic rings. The lowest BCUT2D eigenvalue weighted by molar-refractivity contribution is -0.151. The Bertz CT molecular complexity index is 744. The predicted molar refractivity (Wildman–Crippen MR) is 151 cm³/mol. The highest BCUT2D eigenvalue weighted by molar-refractivity contribution is 9.09. The number of hydrogen-bond donors (Lipinski definition) is 0. The highest BCUT2D eigenvalue weighted by Crippen LogP contribution is 2.66. The number of carbonyl (C=O) groups is 1. The van der Waals surface area contributed by atoms with Gasteiger partial charge in [-0.1, -0.05) is 81.0 Å². The van der Waals surface area contributed by atoms with Crippen LogP contribution in [0.25, 0.3) is 0 Å². The normalized spacial score (nSPS) is 38.5. The standard InChI is InChI=1S/C32H53BrO2/c1-23(2)10-7-8-11-24-14-16-28-27-15-13-25-22-26(35-30(34)12-6-5-9-21-33)17-19-32(25,4)29(27)18-20-31(24,28)3/h13,23-24,26-29H,5-12,14-22H2,1-4H3/t24?,26-,27?,28?,29?,31?,32-/m0/s1. The predicted octanol–water partition coefficient (Wildman–Crippen LogP) is 9.65. The second kappa shape index (κ2) is 12.0. The van der Waals surface area contributed by atoms with Crippen molar-refractivity contribution in [2.24, 2.45) is 40.4 Å². The molecule has 0 N–H and O–H groups in total. The Morgan fingerprint density at radius 2 is 1.86 bits per heavy atom. The molecule has 0 aliphatic heterocycles. The van der Waals surface area contributed by atoms with Gasteiger partial charge >= 0.3 is 5.97 Å². The number of rotatable bonds is 11. The fourth-order valence-corrected chi connectivity index (χ4v) is 9.44. The third-order valence-electron chi connectivity index (χ3n) is 11.2. The Kier molecular flexibility index (Phi) is 9.53. The minimum Gasteiger partial charge on any atom is -0.462 e. The Balaban J connectivity index is 1.34. The largest absolute Gasteiger partial charge is 0.462 e. The van der Waals surface area contributed by atoms with Crippen LogP contribution >= 0.6 is 15.9 Å². The number of unbranched alkanes of at least 4 members (excludes halogenated alkanes) is 3. The Labute approximate surface area is 224 Å². The third-order valence-corrected chi connectivity index (χ3v) is 11.7. The van der Waals surface area contributed by atoms with E-state index < -0.39 is 0 Å². The van der Waals surface area contributed by atoms with Gasteiger partial charge in [-0.25, -0.2) is 0 Å². The van der Waals surface area contributed by atoms with E-state index in [9.17, 15) is 4.79 Å². The number of esters is 1. The van der Waals surface area contributed by atoms with Crippen LogP contribution in [0.3, 0.4) is 0 Å². The van der Waals surface area contributed by atoms with Crippen LogP contribution in [0.1, 0.15) is 130 Å². The monoisotopic (exact) mass is 548 g/mol. The molecule has 5 unspecified atom stereocenters. The molecule has 0 heterocycles. The van der Waals surface area contributed by atoms with Crippen molar-refractivity contribution in [1.29, 1.82) is 0 Å². The molecule has 4 aliphatic carbocycles. The number of halogens is 1. The number of carbonyl (C=O) groups excluding carboxylic acids is 1. The summed E-state index contributed by atoms with van der Waals surface area (Å²) in [5, 5.41) is 1.03. The van der Waals surface area contributed by atoms with Crippen LogP contribution in [-0.2, 0) is 9.53 Å². The molecule has 3 saturated carbocycles. The lowest BCUT2D eigenvalue weighted by atomic mass is 9.47. The average Bonchev–Trinajstić information content (AvgIpc) is 3.16. The molecule has 0 saturated heterocycles. The number of fused-ring (bicyclic) bond motifs is 5. The second-order valence-electron chi connectivity index (χ2n) is 13.6. The molecule has 3 heteroatoms. The van der Waals surface area contributed by atoms with E-state index in [1.807, 2.05) is 0 Å². The molecule has 0 aromatic heterocycles. The van der Waals surface area contributed by atoms with Crippen molar-refractivity contribution >= 4 is 21.9 Å². The number of allylic oxidation sites excluding steroid dienone is 1. The lowest BCUT2D eigenvalue weighted by Crippen LogP contribution is -2.50. The lowest BCUT2D eigenvalue weighted by Gasteiger charge is -2.58. The molecule has 2 nitrogen and oxygen atoms in total. The summed E-state index contributed by atoms with van der Waals surface area (Å²) < 4.78 is 5.97. The van der Waals surface area contributed by atoms with Gasteiger partial charge in [0.2, 0.25) is 0 Å². The molecule has 4 rings (SSSR count). The first-order valence-corrected chi connectivity index (χ1v) is 16.3. The van der Waals surface area contributed by atoms with Gasteiger partial charge in [0.25, 0.3) is 0 Å². The molecular formula is C32H53BrO2. The van der Waals surface area contributed by atoms with Gasteiger partial charge in [-0.15, -0.1) is 0 Å². The summed E-state index contributed by atoms with van der Waals surface area (Å²) in [7, 11) is 0. The van der Waals surface area contributed by atoms with Crippen LogP contribution in [0.5, 0.6) is 0 Å². The first kappa shape index (κ1) is 27.7. The number of ether oxygens (including phenoxy) is 1. The summed E-state index contributed by atoms with van der Waals surface area (Å²) in [4.78, 5) is 12.4. The minimum absolute atomic E-state index is 0.0290. The average molecular weight is 550 g/mol. The van der Waals surface area contributed by atoms with Crippen LogP contribution in [0.2, 0.25) is 0 Å². The van der Waals surface area contributed by atoms with Crippen LogP contribution in [-0.4, -0.2) is 17.4 Å². The SMILES string of the molecule is CC(C)CCCCC1CCC2C3CC=C4C[C@@H](OC(=O)CCCCCBr)CC[C@]4(C)C3CCC12C. The fourth-order valence-electron chi connectivity index (χ4n) is 9.04. The number of hydrogen-bond acceptors (Lipinski definition) is 2. The molecule has 7 atom stereocenters. The summed E-state index contributed by atoms with van der Waals surface area (Å²) in [6.07, 6.45) is 22.6. The van der Waals surface area contributed by atoms with E-state index >= 15 is 0 Å². The zero-order valence-electron chi connectivity index (χ0n) is 23.3. The summed E-state index contributed by atoms with van der Waals surface area (Å²) in [6, 6.07) is 0. The molecule has 0 aromatic rings. The van der Waals surface area contributed by atoms with E-state index in [0.717, 1.165) is 67.0 Å². The first-order chi connectivity index (χ1) is 16.8. The van der Waals surface area contributed by atoms with Gasteiger partial charge in [-0.05, 0) is 105 Å². The summed E-state index contributed by atoms with van der Waals surface area (Å²) in [6.45, 7) is 9.99. The minimum atomic E-state index is 0.0290. The van der Waals surface area contributed by atoms with Crippen molar-refractivity contribution in [1.82, 2.24) is 0 Å². The maximum atomic E-state index is 12.4. The van der Waals surface area contributed by atoms with Crippen molar-refractivity contribution in [2.75, 3.05) is 5.33 Å². The van der Waals surface area contributed by atoms with Crippen molar-refractivity contribution in [3.8, 4) is 0 Å². The van der Waals surface area contributed by atoms with Gasteiger partial charge in [-0.2, -0.15) is 0 Å². The molecule has 0 radical (unpaired) electrons. The van der Waals surface area contributed by atoms with E-state index in [0.29, 0.717) is 17.3 Å². The van der Waals surface area contributed by atoms with E-state index in [-0.39, 0.29) is 12.1 Å². The fraction of sp³-hybridized carbons (Fsp3) is 0.906. The van der Waals surface area contributed by atoms with E-state index in [4.69, 9.17) is 4.74 Å². The molecule has 200 valence electrons. The quantitative estimate of drug-likeness (QED) is 0.111. The van der Waals surface area contributed by atoms with Gasteiger partial charge in [0.15, 0.2) is 0 Å². The highest BCUT2D eigenvalue weighted by Gasteiger charge is 2.58. The highest BCUT2D eigenvalue weighted by atomic mass is 79.9. The van der Waals surface area contributed by atoms with Crippen molar-refractivity contribution in [3.05, 3.63) is 11.6 Å². The van der Waals surface area contributed by atoms with Crippen LogP contribution < -0.4 is 0 Å². The van der Waals surface area contributed by atoms with Gasteiger partial charge in [0, 0.05) is 18.2 Å². The van der Waals surface area contributed by atoms with Crippen molar-refractivity contribution in [2.45, 2.75) is 137 Å². The second-order valence-corrected chi connectivity index (χ2v) is 14.4. The van der Waals surface area contributed by atoms with Gasteiger partial charge < -0.3 is 4.74 Å². The zero-order chi connectivity index (χ0) is 25.1. The first-order valence-electron chi connectivity index (χ1n) is 15.2. The van der Waals surface area contributed by atoms with E-state index in [1.54, 1.807) is 5.57 Å². The van der Waals surface area contributed by atoms with E-state index in [2.05, 4.69) is 49.7 Å². The zero-order valence-corrected chi connectivity index (χ0v) is 24.8. The maximum absolute atomic E-state index is 12.4. The Hall–Kier alpha value is -0.310. The Morgan fingerprint density at radius 1 is 1.03 bits per heavy atom. The molecule has 0 spiro atoms.